The van der Waals surface area contributed by atoms with Crippen LogP contribution in [-0.4, -0.2) is 37.4 Å². The van der Waals surface area contributed by atoms with E-state index in [-0.39, 0.29) is 35.2 Å². The number of aromatic nitrogens is 4. The van der Waals surface area contributed by atoms with Gasteiger partial charge in [-0.1, -0.05) is 53.1 Å². The molecule has 3 aromatic rings. The number of hydrogen-bond donors (Lipinski definition) is 3. The van der Waals surface area contributed by atoms with Crippen LogP contribution in [0.1, 0.15) is 78.6 Å². The van der Waals surface area contributed by atoms with Crippen molar-refractivity contribution < 1.29 is 36.9 Å². The number of aliphatic carboxylic acids is 2. The van der Waals surface area contributed by atoms with Gasteiger partial charge in [-0.05, 0) is 70.2 Å². The molecule has 0 fully saturated rings. The van der Waals surface area contributed by atoms with Crippen LogP contribution in [0, 0.1) is 13.8 Å². The summed E-state index contributed by atoms with van der Waals surface area (Å²) in [6.07, 6.45) is 2.28. The van der Waals surface area contributed by atoms with Crippen LogP contribution in [0.25, 0.3) is 44.4 Å². The summed E-state index contributed by atoms with van der Waals surface area (Å²) in [7, 11) is 0. The Labute approximate surface area is 272 Å². The first-order valence-electron chi connectivity index (χ1n) is 14.2. The van der Waals surface area contributed by atoms with Crippen LogP contribution >= 0.6 is 12.6 Å². The van der Waals surface area contributed by atoms with Gasteiger partial charge in [-0.3, -0.25) is 9.59 Å². The molecule has 0 spiro atoms. The van der Waals surface area contributed by atoms with Crippen molar-refractivity contribution in [2.45, 2.75) is 65.6 Å². The van der Waals surface area contributed by atoms with Crippen LogP contribution in [0.2, 0.25) is 0 Å². The molecule has 2 N–H and O–H groups in total. The number of fused-ring (bicyclic) bond motifs is 8. The molecule has 3 aromatic heterocycles. The van der Waals surface area contributed by atoms with Crippen molar-refractivity contribution in [2.75, 3.05) is 0 Å². The van der Waals surface area contributed by atoms with Gasteiger partial charge in [0.15, 0.2) is 0 Å². The number of nitrogens with zero attached hydrogens (tertiary/aromatic N) is 4. The summed E-state index contributed by atoms with van der Waals surface area (Å²) in [4.78, 5) is 42.9. The number of carboxylic acids is 2. The minimum Gasteiger partial charge on any atom is -0.657 e. The molecule has 0 aromatic carbocycles. The Morgan fingerprint density at radius 3 is 1.75 bits per heavy atom. The second-order valence-electron chi connectivity index (χ2n) is 11.1. The maximum atomic E-state index is 11.5. The Hall–Kier alpha value is -3.85. The molecule has 0 saturated carbocycles. The molecule has 0 saturated heterocycles. The fourth-order valence-corrected chi connectivity index (χ4v) is 6.21. The van der Waals surface area contributed by atoms with Gasteiger partial charge in [0.1, 0.15) is 0 Å². The Morgan fingerprint density at radius 2 is 1.27 bits per heavy atom. The average molecular weight is 651 g/mol. The largest absolute Gasteiger partial charge is 2.00 e. The van der Waals surface area contributed by atoms with E-state index >= 15 is 0 Å². The molecule has 5 rings (SSSR count). The zero-order chi connectivity index (χ0) is 31.2. The fraction of sp³-hybridized carbons (Fsp3) is 0.294. The first-order chi connectivity index (χ1) is 20.4. The summed E-state index contributed by atoms with van der Waals surface area (Å²) in [6, 6.07) is 7.69. The first kappa shape index (κ1) is 33.1. The van der Waals surface area contributed by atoms with Crippen molar-refractivity contribution >= 4 is 68.9 Å². The molecule has 1 atom stereocenters. The van der Waals surface area contributed by atoms with Crippen LogP contribution in [0.3, 0.4) is 0 Å². The van der Waals surface area contributed by atoms with E-state index in [0.717, 1.165) is 61.6 Å². The number of aryl methyl sites for hydroxylation is 4. The third kappa shape index (κ3) is 6.20. The molecule has 44 heavy (non-hydrogen) atoms. The van der Waals surface area contributed by atoms with Crippen LogP contribution in [0.15, 0.2) is 36.9 Å². The predicted octanol–water partition coefficient (Wildman–Crippen LogP) is 6.59. The summed E-state index contributed by atoms with van der Waals surface area (Å²) < 4.78 is 0. The van der Waals surface area contributed by atoms with Crippen molar-refractivity contribution in [3.05, 3.63) is 81.9 Å². The van der Waals surface area contributed by atoms with E-state index in [9.17, 15) is 19.8 Å². The number of carboxylic acid groups (broad SMARTS) is 2. The van der Waals surface area contributed by atoms with Gasteiger partial charge in [-0.25, -0.2) is 9.97 Å². The fourth-order valence-electron chi connectivity index (χ4n) is 5.88. The average Bonchev–Trinajstić information content (AvgIpc) is 3.59. The smallest absolute Gasteiger partial charge is 0.657 e. The summed E-state index contributed by atoms with van der Waals surface area (Å²) in [5.74, 6) is -1.79. The molecule has 0 aliphatic carbocycles. The standard InChI is InChI=1S/C34H36N4O4S.Fe/c1-7-21-16(2)26-14-31-34(20(6)43)19(5)27(38-31)12-24-17(3)22(8-10-32(39)40)29(36-24)15-30-23(9-11-33(41)42)18(4)25(37-30)13-28(21)35-26;/h7,12-15,20H,1,8-11H2,2-6H3,(H5,35,36,37,38,39,40,41,42,43);/q;+2/p-2. The van der Waals surface area contributed by atoms with Gasteiger partial charge < -0.3 is 20.2 Å². The van der Waals surface area contributed by atoms with E-state index in [4.69, 9.17) is 32.6 Å². The first-order valence-corrected chi connectivity index (χ1v) is 14.7. The number of thiol groups is 1. The number of allylic oxidation sites excluding steroid dienone is 4. The van der Waals surface area contributed by atoms with Gasteiger partial charge in [-0.15, -0.1) is 22.1 Å². The van der Waals surface area contributed by atoms with Crippen LogP contribution < -0.4 is 9.97 Å². The van der Waals surface area contributed by atoms with Gasteiger partial charge in [0.2, 0.25) is 0 Å². The van der Waals surface area contributed by atoms with Gasteiger partial charge in [0.25, 0.3) is 0 Å². The van der Waals surface area contributed by atoms with Crippen molar-refractivity contribution in [3.8, 4) is 0 Å². The molecule has 8 bridgehead atoms. The SMILES string of the molecule is C=CC1=C(C)c2cc3nc(cc4[n-]c(cc5[n-]c(cc1n2)c(C)c5CCC(=O)O)c(CCC(=O)O)c4C)C(C)=C3C(C)S.[Fe+2]. The maximum absolute atomic E-state index is 11.5. The van der Waals surface area contributed by atoms with Gasteiger partial charge >= 0.3 is 29.0 Å². The van der Waals surface area contributed by atoms with E-state index in [1.807, 2.05) is 58.9 Å². The third-order valence-electron chi connectivity index (χ3n) is 8.28. The Kier molecular flexibility index (Phi) is 9.78. The van der Waals surface area contributed by atoms with Crippen molar-refractivity contribution in [1.29, 1.82) is 0 Å². The van der Waals surface area contributed by atoms with E-state index in [2.05, 4.69) is 6.58 Å². The van der Waals surface area contributed by atoms with E-state index < -0.39 is 11.9 Å². The Morgan fingerprint density at radius 1 is 0.795 bits per heavy atom. The predicted molar refractivity (Wildman–Crippen MR) is 174 cm³/mol. The molecule has 5 heterocycles. The van der Waals surface area contributed by atoms with Crippen molar-refractivity contribution in [3.63, 3.8) is 0 Å². The van der Waals surface area contributed by atoms with Crippen molar-refractivity contribution in [1.82, 2.24) is 19.9 Å². The van der Waals surface area contributed by atoms with E-state index in [0.29, 0.717) is 40.6 Å². The van der Waals surface area contributed by atoms with Gasteiger partial charge in [0.05, 0.1) is 22.8 Å². The van der Waals surface area contributed by atoms with Crippen LogP contribution in [0.4, 0.5) is 0 Å². The van der Waals surface area contributed by atoms with Gasteiger partial charge in [-0.2, -0.15) is 12.6 Å². The molecule has 0 radical (unpaired) electrons. The summed E-state index contributed by atoms with van der Waals surface area (Å²) in [6.45, 7) is 14.0. The number of hydrogen-bond acceptors (Lipinski definition) is 5. The molecule has 2 aliphatic heterocycles. The number of carbonyl (C=O) groups is 2. The maximum Gasteiger partial charge on any atom is 2.00 e. The molecule has 1 unspecified atom stereocenters. The normalized spacial score (nSPS) is 13.6. The Bertz CT molecular complexity index is 1930. The summed E-state index contributed by atoms with van der Waals surface area (Å²) in [5, 5.41) is 18.8. The third-order valence-corrected chi connectivity index (χ3v) is 8.54. The molecular weight excluding hydrogens is 616 g/mol. The van der Waals surface area contributed by atoms with Crippen LogP contribution in [-0.2, 0) is 39.5 Å². The topological polar surface area (TPSA) is 129 Å². The molecule has 228 valence electrons. The van der Waals surface area contributed by atoms with Gasteiger partial charge in [0, 0.05) is 23.7 Å². The molecule has 2 aliphatic rings. The minimum atomic E-state index is -0.897. The summed E-state index contributed by atoms with van der Waals surface area (Å²) in [5.41, 5.74) is 12.9. The van der Waals surface area contributed by atoms with E-state index in [1.165, 1.54) is 0 Å². The van der Waals surface area contributed by atoms with Crippen LogP contribution in [0.5, 0.6) is 0 Å². The van der Waals surface area contributed by atoms with E-state index in [1.54, 1.807) is 6.08 Å². The quantitative estimate of drug-likeness (QED) is 0.184. The van der Waals surface area contributed by atoms with Crippen molar-refractivity contribution in [2.24, 2.45) is 0 Å². The zero-order valence-electron chi connectivity index (χ0n) is 25.3. The monoisotopic (exact) mass is 650 g/mol. The Balaban J connectivity index is 0.00000442. The molecule has 10 heteroatoms. The second kappa shape index (κ2) is 13.0. The molecular formula is C34H34FeN4O4S. The number of rotatable bonds is 8. The summed E-state index contributed by atoms with van der Waals surface area (Å²) >= 11 is 4.77. The zero-order valence-corrected chi connectivity index (χ0v) is 27.3. The molecule has 0 amide bonds. The minimum absolute atomic E-state index is 0. The second-order valence-corrected chi connectivity index (χ2v) is 11.8. The molecule has 8 nitrogen and oxygen atoms in total.